The highest BCUT2D eigenvalue weighted by molar-refractivity contribution is 7.14. The van der Waals surface area contributed by atoms with E-state index in [4.69, 9.17) is 4.74 Å². The number of amides is 1. The number of anilines is 1. The van der Waals surface area contributed by atoms with Crippen molar-refractivity contribution in [2.24, 2.45) is 0 Å². The number of carbonyl (C=O) groups excluding carboxylic acids is 1. The summed E-state index contributed by atoms with van der Waals surface area (Å²) < 4.78 is 18.8. The van der Waals surface area contributed by atoms with Crippen LogP contribution in [0.15, 0.2) is 78.4 Å². The number of hydrogen-bond donors (Lipinski definition) is 1. The van der Waals surface area contributed by atoms with Gasteiger partial charge in [0.2, 0.25) is 5.88 Å². The van der Waals surface area contributed by atoms with Crippen LogP contribution in [0.4, 0.5) is 9.39 Å². The minimum absolute atomic E-state index is 0.312. The molecule has 0 saturated carbocycles. The van der Waals surface area contributed by atoms with Gasteiger partial charge < -0.3 is 10.1 Å². The lowest BCUT2D eigenvalue weighted by Gasteiger charge is -2.08. The summed E-state index contributed by atoms with van der Waals surface area (Å²) in [4.78, 5) is 21.1. The van der Waals surface area contributed by atoms with E-state index < -0.39 is 0 Å². The highest BCUT2D eigenvalue weighted by Gasteiger charge is 2.14. The van der Waals surface area contributed by atoms with E-state index in [2.05, 4.69) is 15.3 Å². The molecule has 5 nitrogen and oxygen atoms in total. The molecule has 0 aliphatic heterocycles. The molecule has 1 N–H and O–H groups in total. The van der Waals surface area contributed by atoms with Crippen molar-refractivity contribution in [3.8, 4) is 22.9 Å². The zero-order valence-corrected chi connectivity index (χ0v) is 15.3. The molecule has 2 aromatic heterocycles. The Kier molecular flexibility index (Phi) is 5.07. The smallest absolute Gasteiger partial charge is 0.256 e. The standard InChI is InChI=1S/C21H14FN3O2S/c22-16-8-6-14(7-9-16)19-21(28-13-24-19)25-20(26)15-10-11-23-18(12-15)27-17-4-2-1-3-5-17/h1-13H,(H,25,26). The second-order valence-electron chi connectivity index (χ2n) is 5.79. The average molecular weight is 391 g/mol. The molecule has 1 amide bonds. The van der Waals surface area contributed by atoms with Gasteiger partial charge in [-0.05, 0) is 42.5 Å². The fraction of sp³-hybridized carbons (Fsp3) is 0. The van der Waals surface area contributed by atoms with Gasteiger partial charge in [-0.3, -0.25) is 4.79 Å². The number of halogens is 1. The monoisotopic (exact) mass is 391 g/mol. The predicted molar refractivity (Wildman–Crippen MR) is 106 cm³/mol. The lowest BCUT2D eigenvalue weighted by molar-refractivity contribution is 0.102. The molecule has 0 fully saturated rings. The van der Waals surface area contributed by atoms with Crippen molar-refractivity contribution in [3.05, 3.63) is 89.8 Å². The Balaban J connectivity index is 1.53. The molecule has 0 unspecified atom stereocenters. The molecule has 0 spiro atoms. The van der Waals surface area contributed by atoms with E-state index in [9.17, 15) is 9.18 Å². The van der Waals surface area contributed by atoms with Crippen LogP contribution < -0.4 is 10.1 Å². The summed E-state index contributed by atoms with van der Waals surface area (Å²) in [5, 5.41) is 3.43. The van der Waals surface area contributed by atoms with Gasteiger partial charge in [0.1, 0.15) is 22.3 Å². The van der Waals surface area contributed by atoms with Gasteiger partial charge in [-0.15, -0.1) is 11.3 Å². The number of benzene rings is 2. The Morgan fingerprint density at radius 2 is 1.79 bits per heavy atom. The van der Waals surface area contributed by atoms with Gasteiger partial charge in [0.15, 0.2) is 0 Å². The average Bonchev–Trinajstić information content (AvgIpc) is 3.17. The third kappa shape index (κ3) is 4.05. The minimum Gasteiger partial charge on any atom is -0.439 e. The number of thiazole rings is 1. The first kappa shape index (κ1) is 17.8. The van der Waals surface area contributed by atoms with Gasteiger partial charge in [0.25, 0.3) is 5.91 Å². The predicted octanol–water partition coefficient (Wildman–Crippen LogP) is 5.39. The first-order valence-corrected chi connectivity index (χ1v) is 9.27. The van der Waals surface area contributed by atoms with E-state index in [0.717, 1.165) is 5.56 Å². The highest BCUT2D eigenvalue weighted by Crippen LogP contribution is 2.31. The SMILES string of the molecule is O=C(Nc1scnc1-c1ccc(F)cc1)c1ccnc(Oc2ccccc2)c1. The van der Waals surface area contributed by atoms with Gasteiger partial charge in [-0.25, -0.2) is 14.4 Å². The molecule has 0 aliphatic rings. The molecule has 0 saturated heterocycles. The number of hydrogen-bond acceptors (Lipinski definition) is 5. The molecule has 0 bridgehead atoms. The van der Waals surface area contributed by atoms with Crippen molar-refractivity contribution < 1.29 is 13.9 Å². The molecule has 4 aromatic rings. The summed E-state index contributed by atoms with van der Waals surface area (Å²) in [5.74, 6) is 0.316. The van der Waals surface area contributed by atoms with Crippen molar-refractivity contribution in [1.29, 1.82) is 0 Å². The molecule has 0 aliphatic carbocycles. The fourth-order valence-corrected chi connectivity index (χ4v) is 3.24. The number of nitrogens with one attached hydrogen (secondary N) is 1. The Labute approximate surface area is 164 Å². The van der Waals surface area contributed by atoms with Crippen molar-refractivity contribution in [2.45, 2.75) is 0 Å². The van der Waals surface area contributed by atoms with Crippen LogP contribution in [0.1, 0.15) is 10.4 Å². The second kappa shape index (κ2) is 7.98. The van der Waals surface area contributed by atoms with E-state index in [0.29, 0.717) is 27.9 Å². The molecular weight excluding hydrogens is 377 g/mol. The van der Waals surface area contributed by atoms with Gasteiger partial charge in [-0.1, -0.05) is 18.2 Å². The summed E-state index contributed by atoms with van der Waals surface area (Å²) in [6.07, 6.45) is 1.51. The van der Waals surface area contributed by atoms with Gasteiger partial charge in [-0.2, -0.15) is 0 Å². The molecule has 2 aromatic carbocycles. The summed E-state index contributed by atoms with van der Waals surface area (Å²) in [5.41, 5.74) is 3.35. The number of carbonyl (C=O) groups is 1. The number of rotatable bonds is 5. The van der Waals surface area contributed by atoms with E-state index >= 15 is 0 Å². The Morgan fingerprint density at radius 3 is 2.57 bits per heavy atom. The molecule has 2 heterocycles. The molecular formula is C21H14FN3O2S. The Morgan fingerprint density at radius 1 is 1.00 bits per heavy atom. The molecule has 4 rings (SSSR count). The van der Waals surface area contributed by atoms with Crippen LogP contribution in [0.25, 0.3) is 11.3 Å². The summed E-state index contributed by atoms with van der Waals surface area (Å²) in [7, 11) is 0. The van der Waals surface area contributed by atoms with Crippen molar-refractivity contribution >= 4 is 22.2 Å². The van der Waals surface area contributed by atoms with E-state index in [-0.39, 0.29) is 11.7 Å². The maximum atomic E-state index is 13.1. The van der Waals surface area contributed by atoms with Crippen LogP contribution in [0, 0.1) is 5.82 Å². The maximum absolute atomic E-state index is 13.1. The number of nitrogens with zero attached hydrogens (tertiary/aromatic N) is 2. The zero-order chi connectivity index (χ0) is 19.3. The zero-order valence-electron chi connectivity index (χ0n) is 14.5. The maximum Gasteiger partial charge on any atom is 0.256 e. The van der Waals surface area contributed by atoms with Gasteiger partial charge in [0, 0.05) is 23.4 Å². The quantitative estimate of drug-likeness (QED) is 0.495. The van der Waals surface area contributed by atoms with Gasteiger partial charge in [0.05, 0.1) is 5.51 Å². The minimum atomic E-state index is -0.327. The second-order valence-corrected chi connectivity index (χ2v) is 6.64. The van der Waals surface area contributed by atoms with Crippen LogP contribution >= 0.6 is 11.3 Å². The van der Waals surface area contributed by atoms with Crippen molar-refractivity contribution in [1.82, 2.24) is 9.97 Å². The topological polar surface area (TPSA) is 64.1 Å². The lowest BCUT2D eigenvalue weighted by Crippen LogP contribution is -2.12. The summed E-state index contributed by atoms with van der Waals surface area (Å²) >= 11 is 1.29. The first-order valence-electron chi connectivity index (χ1n) is 8.39. The number of para-hydroxylation sites is 1. The molecule has 28 heavy (non-hydrogen) atoms. The first-order chi connectivity index (χ1) is 13.7. The lowest BCUT2D eigenvalue weighted by atomic mass is 10.1. The largest absolute Gasteiger partial charge is 0.439 e. The third-order valence-electron chi connectivity index (χ3n) is 3.87. The molecule has 0 radical (unpaired) electrons. The Hall–Kier alpha value is -3.58. The van der Waals surface area contributed by atoms with Crippen LogP contribution in [-0.2, 0) is 0 Å². The molecule has 0 atom stereocenters. The van der Waals surface area contributed by atoms with E-state index in [1.165, 1.54) is 29.7 Å². The normalized spacial score (nSPS) is 10.5. The molecule has 138 valence electrons. The van der Waals surface area contributed by atoms with Crippen molar-refractivity contribution in [2.75, 3.05) is 5.32 Å². The van der Waals surface area contributed by atoms with E-state index in [1.54, 1.807) is 41.9 Å². The van der Waals surface area contributed by atoms with Gasteiger partial charge >= 0.3 is 0 Å². The summed E-state index contributed by atoms with van der Waals surface area (Å²) in [6, 6.07) is 18.3. The highest BCUT2D eigenvalue weighted by atomic mass is 32.1. The number of pyridine rings is 1. The van der Waals surface area contributed by atoms with Crippen LogP contribution in [-0.4, -0.2) is 15.9 Å². The fourth-order valence-electron chi connectivity index (χ4n) is 2.54. The van der Waals surface area contributed by atoms with Crippen molar-refractivity contribution in [3.63, 3.8) is 0 Å². The van der Waals surface area contributed by atoms with Crippen LogP contribution in [0.2, 0.25) is 0 Å². The summed E-state index contributed by atoms with van der Waals surface area (Å²) in [6.45, 7) is 0. The third-order valence-corrected chi connectivity index (χ3v) is 4.62. The molecule has 7 heteroatoms. The number of ether oxygens (including phenoxy) is 1. The van der Waals surface area contributed by atoms with Crippen LogP contribution in [0.3, 0.4) is 0 Å². The number of aromatic nitrogens is 2. The Bertz CT molecular complexity index is 1100. The van der Waals surface area contributed by atoms with E-state index in [1.807, 2.05) is 18.2 Å². The van der Waals surface area contributed by atoms with Crippen LogP contribution in [0.5, 0.6) is 11.6 Å².